The van der Waals surface area contributed by atoms with Crippen molar-refractivity contribution in [3.05, 3.63) is 64.7 Å². The Kier molecular flexibility index (Phi) is 4.86. The zero-order chi connectivity index (χ0) is 18.0. The van der Waals surface area contributed by atoms with Gasteiger partial charge in [0.15, 0.2) is 0 Å². The number of hydrazone groups is 1. The molecule has 2 aromatic rings. The van der Waals surface area contributed by atoms with Gasteiger partial charge >= 0.3 is 5.97 Å². The van der Waals surface area contributed by atoms with Crippen molar-refractivity contribution < 1.29 is 14.3 Å². The molecular weight excluding hydrogens is 340 g/mol. The number of carbonyl (C=O) groups excluding carboxylic acids is 2. The summed E-state index contributed by atoms with van der Waals surface area (Å²) in [6, 6.07) is 14.3. The minimum atomic E-state index is -0.368. The first-order valence-corrected chi connectivity index (χ1v) is 8.24. The van der Waals surface area contributed by atoms with Gasteiger partial charge in [-0.25, -0.2) is 5.01 Å². The van der Waals surface area contributed by atoms with Crippen molar-refractivity contribution in [2.75, 3.05) is 0 Å². The highest BCUT2D eigenvalue weighted by Crippen LogP contribution is 2.36. The Balaban J connectivity index is 1.88. The molecule has 0 aromatic heterocycles. The van der Waals surface area contributed by atoms with Crippen molar-refractivity contribution in [2.45, 2.75) is 26.3 Å². The van der Waals surface area contributed by atoms with Crippen LogP contribution in [0.2, 0.25) is 5.02 Å². The average molecular weight is 357 g/mol. The Labute approximate surface area is 150 Å². The molecule has 5 nitrogen and oxygen atoms in total. The molecule has 0 N–H and O–H groups in total. The second kappa shape index (κ2) is 7.07. The van der Waals surface area contributed by atoms with Crippen LogP contribution in [0, 0.1) is 0 Å². The average Bonchev–Trinajstić information content (AvgIpc) is 3.01. The van der Waals surface area contributed by atoms with Gasteiger partial charge in [0, 0.05) is 25.3 Å². The summed E-state index contributed by atoms with van der Waals surface area (Å²) in [5, 5.41) is 6.56. The Hall–Kier alpha value is -2.66. The summed E-state index contributed by atoms with van der Waals surface area (Å²) in [7, 11) is 0. The molecule has 1 amide bonds. The number of nitrogens with zero attached hydrogens (tertiary/aromatic N) is 2. The standard InChI is InChI=1S/C19H17ClN2O3/c1-12(23)22-19(16-5-3-4-6-17(16)20)11-18(21-22)14-7-9-15(10-8-14)25-13(2)24/h3-10,19H,11H2,1-2H3/t19-/m0/s1. The van der Waals surface area contributed by atoms with Crippen LogP contribution in [-0.2, 0) is 9.59 Å². The number of amides is 1. The smallest absolute Gasteiger partial charge is 0.308 e. The fourth-order valence-electron chi connectivity index (χ4n) is 2.84. The van der Waals surface area contributed by atoms with Crippen LogP contribution >= 0.6 is 11.6 Å². The third-order valence-electron chi connectivity index (χ3n) is 3.95. The molecule has 0 fully saturated rings. The van der Waals surface area contributed by atoms with Crippen LogP contribution in [-0.4, -0.2) is 22.6 Å². The van der Waals surface area contributed by atoms with Gasteiger partial charge in [-0.2, -0.15) is 5.10 Å². The number of halogens is 1. The van der Waals surface area contributed by atoms with E-state index in [1.807, 2.05) is 30.3 Å². The van der Waals surface area contributed by atoms with E-state index in [1.165, 1.54) is 18.9 Å². The second-order valence-electron chi connectivity index (χ2n) is 5.77. The first-order valence-electron chi connectivity index (χ1n) is 7.86. The van der Waals surface area contributed by atoms with E-state index in [1.54, 1.807) is 18.2 Å². The van der Waals surface area contributed by atoms with Gasteiger partial charge < -0.3 is 4.74 Å². The minimum absolute atomic E-state index is 0.142. The molecule has 0 radical (unpaired) electrons. The monoisotopic (exact) mass is 356 g/mol. The van der Waals surface area contributed by atoms with E-state index in [2.05, 4.69) is 5.10 Å². The molecule has 0 bridgehead atoms. The highest BCUT2D eigenvalue weighted by molar-refractivity contribution is 6.31. The minimum Gasteiger partial charge on any atom is -0.427 e. The predicted octanol–water partition coefficient (Wildman–Crippen LogP) is 3.96. The number of hydrogen-bond acceptors (Lipinski definition) is 4. The van der Waals surface area contributed by atoms with Gasteiger partial charge in [0.1, 0.15) is 5.75 Å². The van der Waals surface area contributed by atoms with Crippen molar-refractivity contribution in [2.24, 2.45) is 5.10 Å². The molecule has 0 unspecified atom stereocenters. The molecule has 2 aromatic carbocycles. The molecule has 0 saturated carbocycles. The molecule has 3 rings (SSSR count). The van der Waals surface area contributed by atoms with Crippen LogP contribution in [0.25, 0.3) is 0 Å². The lowest BCUT2D eigenvalue weighted by atomic mass is 9.98. The largest absolute Gasteiger partial charge is 0.427 e. The maximum Gasteiger partial charge on any atom is 0.308 e. The van der Waals surface area contributed by atoms with Gasteiger partial charge in [-0.1, -0.05) is 29.8 Å². The number of carbonyl (C=O) groups is 2. The topological polar surface area (TPSA) is 59.0 Å². The fourth-order valence-corrected chi connectivity index (χ4v) is 3.11. The van der Waals surface area contributed by atoms with Gasteiger partial charge in [-0.3, -0.25) is 9.59 Å². The number of rotatable bonds is 3. The normalized spacial score (nSPS) is 16.5. The molecule has 6 heteroatoms. The first kappa shape index (κ1) is 17.2. The molecule has 1 heterocycles. The SMILES string of the molecule is CC(=O)Oc1ccc(C2=NN(C(C)=O)[C@H](c3ccccc3Cl)C2)cc1. The second-order valence-corrected chi connectivity index (χ2v) is 6.18. The van der Waals surface area contributed by atoms with Crippen LogP contribution < -0.4 is 4.74 Å². The molecule has 0 aliphatic carbocycles. The maximum absolute atomic E-state index is 12.0. The van der Waals surface area contributed by atoms with E-state index in [4.69, 9.17) is 16.3 Å². The summed E-state index contributed by atoms with van der Waals surface area (Å²) < 4.78 is 5.04. The van der Waals surface area contributed by atoms with Gasteiger partial charge in [0.25, 0.3) is 0 Å². The van der Waals surface area contributed by atoms with Gasteiger partial charge in [-0.15, -0.1) is 0 Å². The van der Waals surface area contributed by atoms with E-state index >= 15 is 0 Å². The third-order valence-corrected chi connectivity index (χ3v) is 4.29. The lowest BCUT2D eigenvalue weighted by Crippen LogP contribution is -2.24. The zero-order valence-corrected chi connectivity index (χ0v) is 14.7. The molecule has 1 atom stereocenters. The van der Waals surface area contributed by atoms with Crippen LogP contribution in [0.4, 0.5) is 0 Å². The van der Waals surface area contributed by atoms with Crippen LogP contribution in [0.3, 0.4) is 0 Å². The van der Waals surface area contributed by atoms with E-state index in [0.717, 1.165) is 16.8 Å². The van der Waals surface area contributed by atoms with Crippen LogP contribution in [0.15, 0.2) is 53.6 Å². The Morgan fingerprint density at radius 3 is 2.40 bits per heavy atom. The zero-order valence-electron chi connectivity index (χ0n) is 13.9. The number of ether oxygens (including phenoxy) is 1. The number of esters is 1. The van der Waals surface area contributed by atoms with Crippen molar-refractivity contribution in [3.63, 3.8) is 0 Å². The lowest BCUT2D eigenvalue weighted by molar-refractivity contribution is -0.132. The molecule has 1 aliphatic rings. The quantitative estimate of drug-likeness (QED) is 0.617. The Morgan fingerprint density at radius 1 is 1.12 bits per heavy atom. The van der Waals surface area contributed by atoms with E-state index in [0.29, 0.717) is 17.2 Å². The van der Waals surface area contributed by atoms with Crippen molar-refractivity contribution in [1.29, 1.82) is 0 Å². The summed E-state index contributed by atoms with van der Waals surface area (Å²) in [6.07, 6.45) is 0.566. The van der Waals surface area contributed by atoms with E-state index in [-0.39, 0.29) is 17.9 Å². The van der Waals surface area contributed by atoms with Crippen molar-refractivity contribution in [1.82, 2.24) is 5.01 Å². The summed E-state index contributed by atoms with van der Waals surface area (Å²) >= 11 is 6.30. The summed E-state index contributed by atoms with van der Waals surface area (Å²) in [6.45, 7) is 2.84. The molecular formula is C19H17ClN2O3. The van der Waals surface area contributed by atoms with E-state index in [9.17, 15) is 9.59 Å². The van der Waals surface area contributed by atoms with Crippen molar-refractivity contribution in [3.8, 4) is 5.75 Å². The molecule has 0 saturated heterocycles. The van der Waals surface area contributed by atoms with E-state index < -0.39 is 0 Å². The van der Waals surface area contributed by atoms with Gasteiger partial charge in [-0.05, 0) is 41.5 Å². The maximum atomic E-state index is 12.0. The fraction of sp³-hybridized carbons (Fsp3) is 0.211. The highest BCUT2D eigenvalue weighted by atomic mass is 35.5. The van der Waals surface area contributed by atoms with Gasteiger partial charge in [0.2, 0.25) is 5.91 Å². The summed E-state index contributed by atoms with van der Waals surface area (Å²) in [5.74, 6) is -0.0372. The molecule has 0 spiro atoms. The van der Waals surface area contributed by atoms with Crippen molar-refractivity contribution >= 4 is 29.2 Å². The third kappa shape index (κ3) is 3.72. The summed E-state index contributed by atoms with van der Waals surface area (Å²) in [4.78, 5) is 23.0. The number of benzene rings is 2. The Morgan fingerprint density at radius 2 is 1.80 bits per heavy atom. The van der Waals surface area contributed by atoms with Crippen LogP contribution in [0.1, 0.15) is 37.4 Å². The predicted molar refractivity (Wildman–Crippen MR) is 95.6 cm³/mol. The molecule has 1 aliphatic heterocycles. The lowest BCUT2D eigenvalue weighted by Gasteiger charge is -2.21. The van der Waals surface area contributed by atoms with Crippen LogP contribution in [0.5, 0.6) is 5.75 Å². The van der Waals surface area contributed by atoms with Gasteiger partial charge in [0.05, 0.1) is 11.8 Å². The Bertz CT molecular complexity index is 846. The molecule has 128 valence electrons. The summed E-state index contributed by atoms with van der Waals surface area (Å²) in [5.41, 5.74) is 2.53. The highest BCUT2D eigenvalue weighted by Gasteiger charge is 2.32. The number of hydrogen-bond donors (Lipinski definition) is 0. The molecule has 25 heavy (non-hydrogen) atoms. The first-order chi connectivity index (χ1) is 12.0.